The Bertz CT molecular complexity index is 847. The molecule has 7 nitrogen and oxygen atoms in total. The molecule has 0 aliphatic carbocycles. The lowest BCUT2D eigenvalue weighted by Crippen LogP contribution is -2.48. The lowest BCUT2D eigenvalue weighted by Gasteiger charge is -2.26. The number of fused-ring (bicyclic) bond motifs is 1. The predicted molar refractivity (Wildman–Crippen MR) is 108 cm³/mol. The Morgan fingerprint density at radius 2 is 1.75 bits per heavy atom. The quantitative estimate of drug-likeness (QED) is 0.613. The number of carbonyl (C=O) groups is 3. The number of nitrogens with one attached hydrogen (secondary N) is 2. The van der Waals surface area contributed by atoms with E-state index in [4.69, 9.17) is 0 Å². The molecule has 3 N–H and O–H groups in total. The average molecular weight is 385 g/mol. The molecule has 0 bridgehead atoms. The number of hydrogen-bond donors (Lipinski definition) is 3. The molecule has 0 aromatic heterocycles. The van der Waals surface area contributed by atoms with E-state index in [1.54, 1.807) is 0 Å². The SMILES string of the molecule is CC(=O)NCCN(CC(=O)NC(C)c1cccc2ccccc12)C(C)C(=O)O. The molecule has 0 saturated heterocycles. The summed E-state index contributed by atoms with van der Waals surface area (Å²) >= 11 is 0. The maximum Gasteiger partial charge on any atom is 0.320 e. The van der Waals surface area contributed by atoms with Crippen molar-refractivity contribution in [2.75, 3.05) is 19.6 Å². The second-order valence-electron chi connectivity index (χ2n) is 6.83. The number of carbonyl (C=O) groups excluding carboxylic acids is 2. The minimum atomic E-state index is -1.02. The summed E-state index contributed by atoms with van der Waals surface area (Å²) in [5, 5.41) is 17.0. The highest BCUT2D eigenvalue weighted by molar-refractivity contribution is 5.87. The van der Waals surface area contributed by atoms with Crippen LogP contribution in [0.4, 0.5) is 0 Å². The third kappa shape index (κ3) is 5.79. The van der Waals surface area contributed by atoms with Gasteiger partial charge in [-0.05, 0) is 30.2 Å². The topological polar surface area (TPSA) is 98.7 Å². The molecule has 2 atom stereocenters. The average Bonchev–Trinajstić information content (AvgIpc) is 2.65. The van der Waals surface area contributed by atoms with Crippen molar-refractivity contribution in [1.82, 2.24) is 15.5 Å². The zero-order valence-corrected chi connectivity index (χ0v) is 16.4. The van der Waals surface area contributed by atoms with Gasteiger partial charge in [-0.25, -0.2) is 0 Å². The van der Waals surface area contributed by atoms with Gasteiger partial charge in [0.15, 0.2) is 0 Å². The molecule has 0 heterocycles. The van der Waals surface area contributed by atoms with Crippen molar-refractivity contribution in [3.05, 3.63) is 48.0 Å². The van der Waals surface area contributed by atoms with E-state index in [1.165, 1.54) is 18.7 Å². The number of benzene rings is 2. The second-order valence-corrected chi connectivity index (χ2v) is 6.83. The number of hydrogen-bond acceptors (Lipinski definition) is 4. The van der Waals surface area contributed by atoms with Crippen LogP contribution in [0.5, 0.6) is 0 Å². The van der Waals surface area contributed by atoms with Gasteiger partial charge in [-0.2, -0.15) is 0 Å². The summed E-state index contributed by atoms with van der Waals surface area (Å²) in [4.78, 5) is 36.5. The van der Waals surface area contributed by atoms with Crippen molar-refractivity contribution < 1.29 is 19.5 Å². The fraction of sp³-hybridized carbons (Fsp3) is 0.381. The van der Waals surface area contributed by atoms with Gasteiger partial charge in [-0.15, -0.1) is 0 Å². The molecule has 0 fully saturated rings. The van der Waals surface area contributed by atoms with Crippen molar-refractivity contribution in [3.8, 4) is 0 Å². The zero-order chi connectivity index (χ0) is 20.7. The molecule has 2 unspecified atom stereocenters. The summed E-state index contributed by atoms with van der Waals surface area (Å²) in [5.74, 6) is -1.48. The van der Waals surface area contributed by atoms with Gasteiger partial charge >= 0.3 is 5.97 Å². The molecule has 0 radical (unpaired) electrons. The Morgan fingerprint density at radius 3 is 2.43 bits per heavy atom. The molecular formula is C21H27N3O4. The number of carboxylic acids is 1. The Hall–Kier alpha value is -2.93. The van der Waals surface area contributed by atoms with Gasteiger partial charge in [0.2, 0.25) is 11.8 Å². The van der Waals surface area contributed by atoms with E-state index in [2.05, 4.69) is 10.6 Å². The molecule has 0 saturated carbocycles. The zero-order valence-electron chi connectivity index (χ0n) is 16.4. The maximum atomic E-state index is 12.6. The van der Waals surface area contributed by atoms with Crippen molar-refractivity contribution in [2.24, 2.45) is 0 Å². The van der Waals surface area contributed by atoms with Gasteiger partial charge in [-0.1, -0.05) is 42.5 Å². The highest BCUT2D eigenvalue weighted by Crippen LogP contribution is 2.23. The van der Waals surface area contributed by atoms with Crippen LogP contribution in [-0.2, 0) is 14.4 Å². The van der Waals surface area contributed by atoms with E-state index in [9.17, 15) is 19.5 Å². The van der Waals surface area contributed by atoms with E-state index in [1.807, 2.05) is 49.4 Å². The Kier molecular flexibility index (Phi) is 7.52. The number of rotatable bonds is 9. The first kappa shape index (κ1) is 21.4. The summed E-state index contributed by atoms with van der Waals surface area (Å²) in [6.45, 7) is 5.30. The van der Waals surface area contributed by atoms with E-state index in [0.717, 1.165) is 16.3 Å². The molecule has 2 aromatic rings. The minimum Gasteiger partial charge on any atom is -0.480 e. The van der Waals surface area contributed by atoms with Gasteiger partial charge in [0, 0.05) is 20.0 Å². The van der Waals surface area contributed by atoms with Crippen LogP contribution in [0.1, 0.15) is 32.4 Å². The van der Waals surface area contributed by atoms with Gasteiger partial charge in [0.25, 0.3) is 0 Å². The number of nitrogens with zero attached hydrogens (tertiary/aromatic N) is 1. The molecule has 7 heteroatoms. The highest BCUT2D eigenvalue weighted by atomic mass is 16.4. The van der Waals surface area contributed by atoms with Gasteiger partial charge < -0.3 is 15.7 Å². The molecule has 0 spiro atoms. The predicted octanol–water partition coefficient (Wildman–Crippen LogP) is 1.93. The summed E-state index contributed by atoms with van der Waals surface area (Å²) in [5.41, 5.74) is 1.00. The van der Waals surface area contributed by atoms with E-state index in [0.29, 0.717) is 0 Å². The smallest absolute Gasteiger partial charge is 0.320 e. The molecule has 2 aromatic carbocycles. The second kappa shape index (κ2) is 9.85. The Labute approximate surface area is 164 Å². The third-order valence-electron chi connectivity index (χ3n) is 4.69. The molecule has 2 rings (SSSR count). The molecule has 0 aliphatic heterocycles. The van der Waals surface area contributed by atoms with Gasteiger partial charge in [0.05, 0.1) is 12.6 Å². The van der Waals surface area contributed by atoms with E-state index < -0.39 is 12.0 Å². The minimum absolute atomic E-state index is 0.0673. The van der Waals surface area contributed by atoms with Crippen molar-refractivity contribution >= 4 is 28.6 Å². The van der Waals surface area contributed by atoms with E-state index in [-0.39, 0.29) is 37.5 Å². The first-order valence-electron chi connectivity index (χ1n) is 9.28. The van der Waals surface area contributed by atoms with Crippen LogP contribution in [0.15, 0.2) is 42.5 Å². The van der Waals surface area contributed by atoms with Crippen LogP contribution in [0, 0.1) is 0 Å². The van der Waals surface area contributed by atoms with Crippen LogP contribution in [-0.4, -0.2) is 53.5 Å². The van der Waals surface area contributed by atoms with Crippen LogP contribution in [0.25, 0.3) is 10.8 Å². The maximum absolute atomic E-state index is 12.6. The molecule has 0 aliphatic rings. The number of aliphatic carboxylic acids is 1. The third-order valence-corrected chi connectivity index (χ3v) is 4.69. The van der Waals surface area contributed by atoms with Crippen LogP contribution in [0.2, 0.25) is 0 Å². The first-order valence-corrected chi connectivity index (χ1v) is 9.28. The molecule has 150 valence electrons. The lowest BCUT2D eigenvalue weighted by molar-refractivity contribution is -0.143. The van der Waals surface area contributed by atoms with Crippen molar-refractivity contribution in [1.29, 1.82) is 0 Å². The Morgan fingerprint density at radius 1 is 1.07 bits per heavy atom. The Balaban J connectivity index is 2.05. The summed E-state index contributed by atoms with van der Waals surface area (Å²) < 4.78 is 0. The molecule has 28 heavy (non-hydrogen) atoms. The number of carboxylic acid groups (broad SMARTS) is 1. The van der Waals surface area contributed by atoms with Crippen molar-refractivity contribution in [2.45, 2.75) is 32.9 Å². The standard InChI is InChI=1S/C21H27N3O4/c1-14(18-10-6-8-17-7-4-5-9-19(17)18)23-20(26)13-24(15(2)21(27)28)12-11-22-16(3)25/h4-10,14-15H,11-13H2,1-3H3,(H,22,25)(H,23,26)(H,27,28). The van der Waals surface area contributed by atoms with Crippen LogP contribution in [0.3, 0.4) is 0 Å². The van der Waals surface area contributed by atoms with Crippen LogP contribution < -0.4 is 10.6 Å². The van der Waals surface area contributed by atoms with Gasteiger partial charge in [-0.3, -0.25) is 19.3 Å². The van der Waals surface area contributed by atoms with Gasteiger partial charge in [0.1, 0.15) is 6.04 Å². The first-order chi connectivity index (χ1) is 13.3. The summed E-state index contributed by atoms with van der Waals surface area (Å²) in [6.07, 6.45) is 0. The fourth-order valence-corrected chi connectivity index (χ4v) is 3.12. The summed E-state index contributed by atoms with van der Waals surface area (Å²) in [7, 11) is 0. The monoisotopic (exact) mass is 385 g/mol. The lowest BCUT2D eigenvalue weighted by atomic mass is 10.00. The normalized spacial score (nSPS) is 13.1. The molecule has 2 amide bonds. The van der Waals surface area contributed by atoms with Crippen LogP contribution >= 0.6 is 0 Å². The summed E-state index contributed by atoms with van der Waals surface area (Å²) in [6, 6.07) is 12.8. The molecular weight excluding hydrogens is 358 g/mol. The van der Waals surface area contributed by atoms with Crippen molar-refractivity contribution in [3.63, 3.8) is 0 Å². The highest BCUT2D eigenvalue weighted by Gasteiger charge is 2.23. The van der Waals surface area contributed by atoms with E-state index >= 15 is 0 Å². The largest absolute Gasteiger partial charge is 0.480 e. The fourth-order valence-electron chi connectivity index (χ4n) is 3.12. The number of amides is 2.